The molecule has 0 spiro atoms. The van der Waals surface area contributed by atoms with E-state index in [1.54, 1.807) is 6.26 Å². The lowest BCUT2D eigenvalue weighted by Gasteiger charge is -2.44. The van der Waals surface area contributed by atoms with Crippen molar-refractivity contribution in [1.82, 2.24) is 0 Å². The van der Waals surface area contributed by atoms with Crippen LogP contribution in [0.1, 0.15) is 48.0 Å². The molecule has 0 aromatic rings. The van der Waals surface area contributed by atoms with Gasteiger partial charge in [-0.2, -0.15) is 0 Å². The van der Waals surface area contributed by atoms with Gasteiger partial charge in [-0.25, -0.2) is 0 Å². The van der Waals surface area contributed by atoms with Gasteiger partial charge in [-0.15, -0.1) is 0 Å². The highest BCUT2D eigenvalue weighted by atomic mass is 28.4. The highest BCUT2D eigenvalue weighted by molar-refractivity contribution is 6.74. The van der Waals surface area contributed by atoms with E-state index in [2.05, 4.69) is 73.8 Å². The Morgan fingerprint density at radius 1 is 1.00 bits per heavy atom. The topological polar surface area (TPSA) is 47.9 Å². The number of aliphatic hydroxyl groups excluding tert-OH is 1. The minimum absolute atomic E-state index is 0.0399. The molecule has 1 heterocycles. The van der Waals surface area contributed by atoms with Crippen LogP contribution in [0, 0.1) is 11.8 Å². The fraction of sp³-hybridized carbons (Fsp3) is 0.818. The molecule has 2 rings (SSSR count). The fourth-order valence-electron chi connectivity index (χ4n) is 3.25. The minimum atomic E-state index is -1.98. The summed E-state index contributed by atoms with van der Waals surface area (Å²) in [5.74, 6) is 0.387. The Morgan fingerprint density at radius 2 is 1.57 bits per heavy atom. The second-order valence-corrected chi connectivity index (χ2v) is 21.0. The molecule has 1 N–H and O–H groups in total. The summed E-state index contributed by atoms with van der Waals surface area (Å²) in [5, 5.41) is 10.1. The SMILES string of the molecule is CC(C)(C)[Si](C)(C)OCC1=CC[C@@H]2C(CO)=CO[C@@H](O[Si](C)(C)C(C)(C)C)[C@H]12. The molecule has 1 aliphatic heterocycles. The molecule has 1 aliphatic carbocycles. The number of rotatable bonds is 6. The van der Waals surface area contributed by atoms with Gasteiger partial charge < -0.3 is 18.7 Å². The van der Waals surface area contributed by atoms with E-state index in [-0.39, 0.29) is 34.8 Å². The second-order valence-electron chi connectivity index (χ2n) is 11.4. The van der Waals surface area contributed by atoms with Crippen LogP contribution in [0.15, 0.2) is 23.5 Å². The summed E-state index contributed by atoms with van der Waals surface area (Å²) in [5.41, 5.74) is 2.25. The zero-order chi connectivity index (χ0) is 21.5. The van der Waals surface area contributed by atoms with E-state index < -0.39 is 16.6 Å². The number of hydrogen-bond acceptors (Lipinski definition) is 4. The normalized spacial score (nSPS) is 26.5. The first-order valence-corrected chi connectivity index (χ1v) is 16.4. The zero-order valence-electron chi connectivity index (χ0n) is 19.7. The molecule has 0 aromatic carbocycles. The Labute approximate surface area is 174 Å². The molecular formula is C22H42O4Si2. The first-order valence-electron chi connectivity index (χ1n) is 10.6. The van der Waals surface area contributed by atoms with Crippen LogP contribution in [0.5, 0.6) is 0 Å². The molecule has 6 heteroatoms. The predicted molar refractivity (Wildman–Crippen MR) is 121 cm³/mol. The molecule has 2 aliphatic rings. The Hall–Kier alpha value is -0.406. The lowest BCUT2D eigenvalue weighted by molar-refractivity contribution is -0.0950. The van der Waals surface area contributed by atoms with E-state index in [1.807, 2.05) is 0 Å². The standard InChI is InChI=1S/C22H42O4Si2/c1-21(2,3)27(7,8)25-15-16-11-12-18-17(13-23)14-24-20(19(16)18)26-28(9,10)22(4,5)6/h11,14,18-20,23H,12-13,15H2,1-10H3/t18-,19-,20+/m1/s1. The fourth-order valence-corrected chi connectivity index (χ4v) is 5.35. The van der Waals surface area contributed by atoms with Crippen molar-refractivity contribution in [2.45, 2.75) is 90.5 Å². The number of allylic oxidation sites excluding steroid dienone is 1. The van der Waals surface area contributed by atoms with Crippen molar-refractivity contribution in [3.63, 3.8) is 0 Å². The van der Waals surface area contributed by atoms with Crippen molar-refractivity contribution in [3.05, 3.63) is 23.5 Å². The van der Waals surface area contributed by atoms with E-state index in [1.165, 1.54) is 5.57 Å². The van der Waals surface area contributed by atoms with Gasteiger partial charge in [-0.1, -0.05) is 47.6 Å². The van der Waals surface area contributed by atoms with Gasteiger partial charge in [-0.05, 0) is 53.8 Å². The summed E-state index contributed by atoms with van der Waals surface area (Å²) in [6.45, 7) is 23.3. The molecule has 0 radical (unpaired) electrons. The molecule has 0 amide bonds. The Balaban J connectivity index is 2.22. The summed E-state index contributed by atoms with van der Waals surface area (Å²) in [6.07, 6.45) is 4.67. The van der Waals surface area contributed by atoms with Gasteiger partial charge in [-0.3, -0.25) is 0 Å². The summed E-state index contributed by atoms with van der Waals surface area (Å²) < 4.78 is 19.3. The molecule has 162 valence electrons. The van der Waals surface area contributed by atoms with Crippen LogP contribution in [-0.2, 0) is 13.6 Å². The van der Waals surface area contributed by atoms with Crippen molar-refractivity contribution in [2.75, 3.05) is 13.2 Å². The number of ether oxygens (including phenoxy) is 1. The monoisotopic (exact) mass is 426 g/mol. The predicted octanol–water partition coefficient (Wildman–Crippen LogP) is 5.83. The van der Waals surface area contributed by atoms with Crippen molar-refractivity contribution < 1.29 is 18.7 Å². The van der Waals surface area contributed by atoms with Gasteiger partial charge in [0.25, 0.3) is 0 Å². The Morgan fingerprint density at radius 3 is 2.07 bits per heavy atom. The van der Waals surface area contributed by atoms with Crippen LogP contribution in [0.2, 0.25) is 36.3 Å². The maximum Gasteiger partial charge on any atom is 0.197 e. The molecule has 0 bridgehead atoms. The highest BCUT2D eigenvalue weighted by Crippen LogP contribution is 2.47. The van der Waals surface area contributed by atoms with Crippen molar-refractivity contribution in [2.24, 2.45) is 11.8 Å². The molecule has 0 saturated carbocycles. The van der Waals surface area contributed by atoms with Crippen molar-refractivity contribution >= 4 is 16.6 Å². The lowest BCUT2D eigenvalue weighted by atomic mass is 9.84. The first-order chi connectivity index (χ1) is 12.6. The minimum Gasteiger partial charge on any atom is -0.473 e. The summed E-state index contributed by atoms with van der Waals surface area (Å²) in [6, 6.07) is 0. The second kappa shape index (κ2) is 8.02. The average Bonchev–Trinajstić information content (AvgIpc) is 2.95. The summed E-state index contributed by atoms with van der Waals surface area (Å²) >= 11 is 0. The smallest absolute Gasteiger partial charge is 0.197 e. The third kappa shape index (κ3) is 4.83. The van der Waals surface area contributed by atoms with Crippen molar-refractivity contribution in [1.29, 1.82) is 0 Å². The summed E-state index contributed by atoms with van der Waals surface area (Å²) in [7, 11) is -3.81. The van der Waals surface area contributed by atoms with Gasteiger partial charge in [0.1, 0.15) is 0 Å². The van der Waals surface area contributed by atoms with Crippen molar-refractivity contribution in [3.8, 4) is 0 Å². The third-order valence-corrected chi connectivity index (χ3v) is 16.3. The maximum atomic E-state index is 9.81. The average molecular weight is 427 g/mol. The first kappa shape index (κ1) is 23.9. The van der Waals surface area contributed by atoms with Crippen LogP contribution in [0.4, 0.5) is 0 Å². The van der Waals surface area contributed by atoms with Crippen LogP contribution in [0.3, 0.4) is 0 Å². The van der Waals surface area contributed by atoms with Crippen LogP contribution in [0.25, 0.3) is 0 Å². The molecule has 4 nitrogen and oxygen atoms in total. The Bertz CT molecular complexity index is 623. The molecule has 28 heavy (non-hydrogen) atoms. The van der Waals surface area contributed by atoms with Crippen LogP contribution < -0.4 is 0 Å². The largest absolute Gasteiger partial charge is 0.473 e. The lowest BCUT2D eigenvalue weighted by Crippen LogP contribution is -2.49. The van der Waals surface area contributed by atoms with E-state index in [4.69, 9.17) is 13.6 Å². The highest BCUT2D eigenvalue weighted by Gasteiger charge is 2.48. The quantitative estimate of drug-likeness (QED) is 0.429. The number of hydrogen-bond donors (Lipinski definition) is 1. The van der Waals surface area contributed by atoms with Gasteiger partial charge in [0.2, 0.25) is 0 Å². The molecule has 0 fully saturated rings. The molecule has 0 saturated heterocycles. The zero-order valence-corrected chi connectivity index (χ0v) is 21.7. The molecule has 0 aromatic heterocycles. The van der Waals surface area contributed by atoms with Gasteiger partial charge in [0, 0.05) is 5.92 Å². The third-order valence-electron chi connectivity index (χ3n) is 7.42. The molecular weight excluding hydrogens is 384 g/mol. The van der Waals surface area contributed by atoms with Gasteiger partial charge in [0.15, 0.2) is 22.9 Å². The van der Waals surface area contributed by atoms with E-state index in [0.29, 0.717) is 6.61 Å². The number of aliphatic hydroxyl groups is 1. The Kier molecular flexibility index (Phi) is 6.84. The van der Waals surface area contributed by atoms with E-state index in [0.717, 1.165) is 12.0 Å². The summed E-state index contributed by atoms with van der Waals surface area (Å²) in [4.78, 5) is 0. The van der Waals surface area contributed by atoms with Gasteiger partial charge >= 0.3 is 0 Å². The van der Waals surface area contributed by atoms with E-state index in [9.17, 15) is 5.11 Å². The van der Waals surface area contributed by atoms with Crippen LogP contribution >= 0.6 is 0 Å². The maximum absolute atomic E-state index is 9.81. The molecule has 3 atom stereocenters. The van der Waals surface area contributed by atoms with E-state index >= 15 is 0 Å². The van der Waals surface area contributed by atoms with Crippen LogP contribution in [-0.4, -0.2) is 41.2 Å². The number of fused-ring (bicyclic) bond motifs is 1. The van der Waals surface area contributed by atoms with Gasteiger partial charge in [0.05, 0.1) is 25.4 Å². The molecule has 0 unspecified atom stereocenters.